The molecule has 3 aliphatic rings. The lowest BCUT2D eigenvalue weighted by Gasteiger charge is -2.26. The Morgan fingerprint density at radius 1 is 0.735 bits per heavy atom. The third-order valence-electron chi connectivity index (χ3n) is 5.84. The number of aliphatic imine (C=N–C) groups is 2. The van der Waals surface area contributed by atoms with E-state index in [2.05, 4.69) is 34.5 Å². The number of allylic oxidation sites excluding steroid dienone is 8. The fourth-order valence-electron chi connectivity index (χ4n) is 3.89. The van der Waals surface area contributed by atoms with Crippen LogP contribution in [-0.2, 0) is 9.59 Å². The van der Waals surface area contributed by atoms with E-state index in [4.69, 9.17) is 0 Å². The Kier molecular flexibility index (Phi) is 10.3. The molecule has 0 aromatic heterocycles. The van der Waals surface area contributed by atoms with Gasteiger partial charge in [0.15, 0.2) is 11.6 Å². The average molecular weight is 461 g/mol. The average Bonchev–Trinajstić information content (AvgIpc) is 2.86. The highest BCUT2D eigenvalue weighted by molar-refractivity contribution is 6.37. The van der Waals surface area contributed by atoms with Crippen molar-refractivity contribution in [3.05, 3.63) is 71.1 Å². The summed E-state index contributed by atoms with van der Waals surface area (Å²) in [5.41, 5.74) is 3.43. The molecule has 6 heteroatoms. The smallest absolute Gasteiger partial charge is 0.194 e. The monoisotopic (exact) mass is 460 g/mol. The van der Waals surface area contributed by atoms with E-state index < -0.39 is 0 Å². The number of nitrogens with one attached hydrogen (secondary N) is 2. The molecule has 0 spiro atoms. The summed E-state index contributed by atoms with van der Waals surface area (Å²) >= 11 is 0. The molecule has 0 aliphatic heterocycles. The predicted octanol–water partition coefficient (Wildman–Crippen LogP) is 4.34. The predicted molar refractivity (Wildman–Crippen MR) is 140 cm³/mol. The van der Waals surface area contributed by atoms with Gasteiger partial charge in [0.1, 0.15) is 0 Å². The lowest BCUT2D eigenvalue weighted by Crippen LogP contribution is -2.29. The molecule has 2 N–H and O–H groups in total. The summed E-state index contributed by atoms with van der Waals surface area (Å²) in [7, 11) is 0. The van der Waals surface area contributed by atoms with Gasteiger partial charge in [-0.05, 0) is 38.1 Å². The SMILES string of the molecule is CCCCNCC=CN=C1C=C2C(=O)C3=CCC(=NC=CCNCCCC)C=C3C(=O)C2=CC1. The lowest BCUT2D eigenvalue weighted by molar-refractivity contribution is -0.117. The van der Waals surface area contributed by atoms with Crippen LogP contribution in [0.3, 0.4) is 0 Å². The molecular weight excluding hydrogens is 424 g/mol. The Morgan fingerprint density at radius 2 is 1.18 bits per heavy atom. The lowest BCUT2D eigenvalue weighted by atomic mass is 9.75. The van der Waals surface area contributed by atoms with Crippen LogP contribution < -0.4 is 10.6 Å². The number of hydrogen-bond acceptors (Lipinski definition) is 6. The molecule has 0 radical (unpaired) electrons. The molecule has 0 unspecified atom stereocenters. The van der Waals surface area contributed by atoms with Crippen molar-refractivity contribution in [1.82, 2.24) is 10.6 Å². The molecule has 0 saturated heterocycles. The van der Waals surface area contributed by atoms with Crippen LogP contribution in [0.5, 0.6) is 0 Å². The highest BCUT2D eigenvalue weighted by Gasteiger charge is 2.37. The van der Waals surface area contributed by atoms with Gasteiger partial charge in [-0.15, -0.1) is 0 Å². The van der Waals surface area contributed by atoms with Gasteiger partial charge < -0.3 is 10.6 Å². The molecule has 0 aromatic carbocycles. The quantitative estimate of drug-likeness (QED) is 0.425. The number of nitrogens with zero attached hydrogens (tertiary/aromatic N) is 2. The van der Waals surface area contributed by atoms with Gasteiger partial charge in [-0.2, -0.15) is 0 Å². The van der Waals surface area contributed by atoms with Crippen molar-refractivity contribution in [3.63, 3.8) is 0 Å². The number of rotatable bonds is 12. The van der Waals surface area contributed by atoms with Gasteiger partial charge in [0.25, 0.3) is 0 Å². The van der Waals surface area contributed by atoms with Gasteiger partial charge in [-0.1, -0.05) is 51.0 Å². The number of carbonyl (C=O) groups is 2. The van der Waals surface area contributed by atoms with Crippen molar-refractivity contribution < 1.29 is 9.59 Å². The first-order valence-electron chi connectivity index (χ1n) is 12.4. The Balaban J connectivity index is 1.64. The minimum absolute atomic E-state index is 0.107. The maximum atomic E-state index is 13.1. The highest BCUT2D eigenvalue weighted by atomic mass is 16.1. The van der Waals surface area contributed by atoms with Crippen LogP contribution in [0, 0.1) is 0 Å². The molecule has 0 heterocycles. The minimum Gasteiger partial charge on any atom is -0.313 e. The van der Waals surface area contributed by atoms with E-state index in [1.165, 1.54) is 12.8 Å². The molecule has 34 heavy (non-hydrogen) atoms. The largest absolute Gasteiger partial charge is 0.313 e. The Morgan fingerprint density at radius 3 is 1.59 bits per heavy atom. The van der Waals surface area contributed by atoms with Crippen molar-refractivity contribution in [2.24, 2.45) is 9.98 Å². The summed E-state index contributed by atoms with van der Waals surface area (Å²) in [6.45, 7) is 7.85. The molecule has 180 valence electrons. The fraction of sp³-hybridized carbons (Fsp3) is 0.429. The summed E-state index contributed by atoms with van der Waals surface area (Å²) in [5.74, 6) is -0.214. The summed E-state index contributed by atoms with van der Waals surface area (Å²) in [6, 6.07) is 0. The van der Waals surface area contributed by atoms with Gasteiger partial charge in [-0.25, -0.2) is 0 Å². The van der Waals surface area contributed by atoms with E-state index >= 15 is 0 Å². The normalized spacial score (nSPS) is 20.5. The summed E-state index contributed by atoms with van der Waals surface area (Å²) < 4.78 is 0. The van der Waals surface area contributed by atoms with Crippen LogP contribution in [-0.4, -0.2) is 49.2 Å². The second-order valence-electron chi connectivity index (χ2n) is 8.54. The first-order valence-corrected chi connectivity index (χ1v) is 12.4. The molecule has 3 rings (SSSR count). The van der Waals surface area contributed by atoms with Gasteiger partial charge in [-0.3, -0.25) is 19.6 Å². The van der Waals surface area contributed by atoms with Crippen LogP contribution in [0.2, 0.25) is 0 Å². The number of unbranched alkanes of at least 4 members (excludes halogenated alkanes) is 2. The molecule has 1 saturated carbocycles. The zero-order valence-electron chi connectivity index (χ0n) is 20.4. The summed E-state index contributed by atoms with van der Waals surface area (Å²) in [4.78, 5) is 35.2. The first-order chi connectivity index (χ1) is 16.7. The molecule has 0 amide bonds. The standard InChI is InChI=1S/C28H36N4O2/c1-3-5-13-29-15-7-17-31-21-9-11-23-25(19-21)27(33)24-12-10-22(20-26(24)28(23)34)32-18-8-16-30-14-6-4-2/h7-8,11-12,17-20,29-30H,3-6,9-10,13-16H2,1-2H3. The minimum atomic E-state index is -0.107. The molecule has 3 aliphatic carbocycles. The second-order valence-corrected chi connectivity index (χ2v) is 8.54. The number of hydrogen-bond donors (Lipinski definition) is 2. The van der Waals surface area contributed by atoms with E-state index in [0.29, 0.717) is 35.1 Å². The topological polar surface area (TPSA) is 82.9 Å². The maximum absolute atomic E-state index is 13.1. The van der Waals surface area contributed by atoms with Crippen molar-refractivity contribution in [2.45, 2.75) is 52.4 Å². The van der Waals surface area contributed by atoms with Crippen LogP contribution >= 0.6 is 0 Å². The van der Waals surface area contributed by atoms with E-state index in [9.17, 15) is 9.59 Å². The fourth-order valence-corrected chi connectivity index (χ4v) is 3.89. The zero-order valence-corrected chi connectivity index (χ0v) is 20.4. The first kappa shape index (κ1) is 25.7. The second kappa shape index (κ2) is 13.7. The third-order valence-corrected chi connectivity index (χ3v) is 5.84. The van der Waals surface area contributed by atoms with E-state index in [0.717, 1.165) is 50.4 Å². The van der Waals surface area contributed by atoms with Crippen molar-refractivity contribution in [1.29, 1.82) is 0 Å². The molecule has 1 fully saturated rings. The van der Waals surface area contributed by atoms with Crippen molar-refractivity contribution in [2.75, 3.05) is 26.2 Å². The molecule has 6 nitrogen and oxygen atoms in total. The van der Waals surface area contributed by atoms with Crippen LogP contribution in [0.15, 0.2) is 81.1 Å². The molecule has 0 aromatic rings. The van der Waals surface area contributed by atoms with Gasteiger partial charge in [0, 0.05) is 72.0 Å². The van der Waals surface area contributed by atoms with Crippen LogP contribution in [0.25, 0.3) is 0 Å². The van der Waals surface area contributed by atoms with E-state index in [1.807, 2.05) is 24.3 Å². The van der Waals surface area contributed by atoms with Gasteiger partial charge >= 0.3 is 0 Å². The Hall–Kier alpha value is -2.96. The van der Waals surface area contributed by atoms with Crippen molar-refractivity contribution in [3.8, 4) is 0 Å². The number of ketones is 2. The van der Waals surface area contributed by atoms with Gasteiger partial charge in [0.05, 0.1) is 0 Å². The summed E-state index contributed by atoms with van der Waals surface area (Å²) in [6.07, 6.45) is 20.4. The Bertz CT molecular complexity index is 937. The van der Waals surface area contributed by atoms with Gasteiger partial charge in [0.2, 0.25) is 0 Å². The summed E-state index contributed by atoms with van der Waals surface area (Å²) in [5, 5.41) is 6.66. The maximum Gasteiger partial charge on any atom is 0.194 e. The molecular formula is C28H36N4O2. The van der Waals surface area contributed by atoms with Crippen LogP contribution in [0.4, 0.5) is 0 Å². The Labute approximate surface area is 203 Å². The number of Topliss-reactive ketones (excluding diaryl/α,β-unsaturated/α-hetero) is 2. The molecule has 0 bridgehead atoms. The van der Waals surface area contributed by atoms with Crippen molar-refractivity contribution >= 4 is 23.0 Å². The van der Waals surface area contributed by atoms with Crippen LogP contribution in [0.1, 0.15) is 52.4 Å². The van der Waals surface area contributed by atoms with E-state index in [-0.39, 0.29) is 11.6 Å². The zero-order chi connectivity index (χ0) is 24.2. The highest BCUT2D eigenvalue weighted by Crippen LogP contribution is 2.35. The number of fused-ring (bicyclic) bond motifs is 2. The third kappa shape index (κ3) is 7.02. The molecule has 0 atom stereocenters. The van der Waals surface area contributed by atoms with E-state index in [1.54, 1.807) is 24.6 Å². The number of carbonyl (C=O) groups excluding carboxylic acids is 2.